The summed E-state index contributed by atoms with van der Waals surface area (Å²) >= 11 is 1.67. The Morgan fingerprint density at radius 2 is 1.72 bits per heavy atom. The number of nitrogens with zero attached hydrogens (tertiary/aromatic N) is 1. The van der Waals surface area contributed by atoms with Crippen molar-refractivity contribution in [2.75, 3.05) is 0 Å². The normalized spacial score (nSPS) is 10.1. The van der Waals surface area contributed by atoms with Crippen molar-refractivity contribution in [1.29, 1.82) is 5.26 Å². The molecule has 0 fully saturated rings. The Morgan fingerprint density at radius 3 is 2.39 bits per heavy atom. The molecule has 0 unspecified atom stereocenters. The van der Waals surface area contributed by atoms with E-state index in [1.807, 2.05) is 25.1 Å². The lowest BCUT2D eigenvalue weighted by Crippen LogP contribution is -1.87. The van der Waals surface area contributed by atoms with E-state index in [9.17, 15) is 0 Å². The van der Waals surface area contributed by atoms with Gasteiger partial charge in [-0.3, -0.25) is 0 Å². The van der Waals surface area contributed by atoms with E-state index >= 15 is 0 Å². The highest BCUT2D eigenvalue weighted by atomic mass is 32.2. The molecule has 0 amide bonds. The molecule has 18 heavy (non-hydrogen) atoms. The molecule has 2 heteroatoms. The van der Waals surface area contributed by atoms with Crippen LogP contribution in [0.5, 0.6) is 0 Å². The lowest BCUT2D eigenvalue weighted by Gasteiger charge is -2.09. The van der Waals surface area contributed by atoms with Gasteiger partial charge in [0.25, 0.3) is 0 Å². The van der Waals surface area contributed by atoms with Crippen molar-refractivity contribution in [2.24, 2.45) is 0 Å². The van der Waals surface area contributed by atoms with Crippen LogP contribution in [0.15, 0.2) is 46.2 Å². The van der Waals surface area contributed by atoms with E-state index in [2.05, 4.69) is 38.1 Å². The van der Waals surface area contributed by atoms with Gasteiger partial charge >= 0.3 is 0 Å². The van der Waals surface area contributed by atoms with E-state index in [1.165, 1.54) is 16.0 Å². The minimum Gasteiger partial charge on any atom is -0.192 e. The molecule has 0 bridgehead atoms. The molecule has 2 rings (SSSR count). The fourth-order valence-electron chi connectivity index (χ4n) is 1.77. The molecule has 0 atom stereocenters. The van der Waals surface area contributed by atoms with E-state index in [4.69, 9.17) is 5.26 Å². The zero-order valence-electron chi connectivity index (χ0n) is 10.8. The first-order chi connectivity index (χ1) is 8.61. The topological polar surface area (TPSA) is 23.8 Å². The molecule has 1 nitrogen and oxygen atoms in total. The molecule has 0 spiro atoms. The summed E-state index contributed by atoms with van der Waals surface area (Å²) in [5, 5.41) is 9.16. The summed E-state index contributed by atoms with van der Waals surface area (Å²) < 4.78 is 0. The Balaban J connectivity index is 2.40. The van der Waals surface area contributed by atoms with Crippen LogP contribution in [0.2, 0.25) is 0 Å². The van der Waals surface area contributed by atoms with Crippen LogP contribution in [0.25, 0.3) is 0 Å². The predicted octanol–water partition coefficient (Wildman–Crippen LogP) is 4.63. The molecule has 0 saturated heterocycles. The molecule has 0 N–H and O–H groups in total. The van der Waals surface area contributed by atoms with Crippen molar-refractivity contribution in [3.8, 4) is 6.07 Å². The van der Waals surface area contributed by atoms with Gasteiger partial charge in [0.1, 0.15) is 6.07 Å². The highest BCUT2D eigenvalue weighted by Crippen LogP contribution is 2.33. The van der Waals surface area contributed by atoms with Gasteiger partial charge < -0.3 is 0 Å². The smallest absolute Gasteiger partial charge is 0.100 e. The van der Waals surface area contributed by atoms with E-state index in [-0.39, 0.29) is 0 Å². The van der Waals surface area contributed by atoms with Crippen molar-refractivity contribution in [2.45, 2.75) is 30.6 Å². The number of aryl methyl sites for hydroxylation is 3. The van der Waals surface area contributed by atoms with Crippen LogP contribution in [0.4, 0.5) is 0 Å². The van der Waals surface area contributed by atoms with Crippen LogP contribution in [0.3, 0.4) is 0 Å². The summed E-state index contributed by atoms with van der Waals surface area (Å²) in [4.78, 5) is 2.24. The molecule has 0 aliphatic heterocycles. The third-order valence-corrected chi connectivity index (χ3v) is 4.27. The SMILES string of the molecule is Cc1ccc(Sc2c(C)cccc2C#N)cc1C. The fraction of sp³-hybridized carbons (Fsp3) is 0.188. The Labute approximate surface area is 112 Å². The zero-order valence-corrected chi connectivity index (χ0v) is 11.6. The average Bonchev–Trinajstić information content (AvgIpc) is 2.36. The molecule has 0 aromatic heterocycles. The Bertz CT molecular complexity index is 623. The van der Waals surface area contributed by atoms with Crippen molar-refractivity contribution in [3.05, 3.63) is 58.7 Å². The van der Waals surface area contributed by atoms with Crippen LogP contribution in [0, 0.1) is 32.1 Å². The Morgan fingerprint density at radius 1 is 0.944 bits per heavy atom. The molecule has 0 saturated carbocycles. The fourth-order valence-corrected chi connectivity index (χ4v) is 2.83. The maximum atomic E-state index is 9.16. The average molecular weight is 253 g/mol. The van der Waals surface area contributed by atoms with Crippen molar-refractivity contribution in [1.82, 2.24) is 0 Å². The van der Waals surface area contributed by atoms with Gasteiger partial charge in [-0.15, -0.1) is 0 Å². The second-order valence-corrected chi connectivity index (χ2v) is 5.50. The summed E-state index contributed by atoms with van der Waals surface area (Å²) in [7, 11) is 0. The first-order valence-electron chi connectivity index (χ1n) is 5.86. The molecule has 0 aliphatic carbocycles. The molecule has 90 valence electrons. The second-order valence-electron chi connectivity index (χ2n) is 4.41. The Hall–Kier alpha value is -1.72. The first-order valence-corrected chi connectivity index (χ1v) is 6.68. The van der Waals surface area contributed by atoms with Gasteiger partial charge in [-0.25, -0.2) is 0 Å². The van der Waals surface area contributed by atoms with Gasteiger partial charge in [-0.1, -0.05) is 30.0 Å². The first kappa shape index (κ1) is 12.7. The van der Waals surface area contributed by atoms with Crippen LogP contribution in [-0.4, -0.2) is 0 Å². The molecule has 0 radical (unpaired) electrons. The quantitative estimate of drug-likeness (QED) is 0.778. The zero-order chi connectivity index (χ0) is 13.1. The van der Waals surface area contributed by atoms with Gasteiger partial charge in [0.15, 0.2) is 0 Å². The number of benzene rings is 2. The highest BCUT2D eigenvalue weighted by molar-refractivity contribution is 7.99. The van der Waals surface area contributed by atoms with E-state index in [1.54, 1.807) is 11.8 Å². The van der Waals surface area contributed by atoms with Gasteiger partial charge in [0.05, 0.1) is 5.56 Å². The van der Waals surface area contributed by atoms with E-state index in [0.717, 1.165) is 16.0 Å². The maximum absolute atomic E-state index is 9.16. The highest BCUT2D eigenvalue weighted by Gasteiger charge is 2.07. The van der Waals surface area contributed by atoms with E-state index < -0.39 is 0 Å². The minimum absolute atomic E-state index is 0.748. The maximum Gasteiger partial charge on any atom is 0.100 e. The minimum atomic E-state index is 0.748. The van der Waals surface area contributed by atoms with Gasteiger partial charge in [0.2, 0.25) is 0 Å². The summed E-state index contributed by atoms with van der Waals surface area (Å²) in [5.74, 6) is 0. The summed E-state index contributed by atoms with van der Waals surface area (Å²) in [6.45, 7) is 6.27. The van der Waals surface area contributed by atoms with Crippen molar-refractivity contribution < 1.29 is 0 Å². The third kappa shape index (κ3) is 2.57. The molecular formula is C16H15NS. The van der Waals surface area contributed by atoms with Crippen LogP contribution in [0.1, 0.15) is 22.3 Å². The van der Waals surface area contributed by atoms with Gasteiger partial charge in [-0.2, -0.15) is 5.26 Å². The standard InChI is InChI=1S/C16H15NS/c1-11-7-8-15(9-13(11)3)18-16-12(2)5-4-6-14(16)10-17/h4-9H,1-3H3. The number of rotatable bonds is 2. The second kappa shape index (κ2) is 5.29. The molecule has 0 aliphatic rings. The number of hydrogen-bond donors (Lipinski definition) is 0. The monoisotopic (exact) mass is 253 g/mol. The molecule has 2 aromatic carbocycles. The van der Waals surface area contributed by atoms with Crippen LogP contribution >= 0.6 is 11.8 Å². The van der Waals surface area contributed by atoms with Crippen LogP contribution < -0.4 is 0 Å². The van der Waals surface area contributed by atoms with Crippen molar-refractivity contribution in [3.63, 3.8) is 0 Å². The van der Waals surface area contributed by atoms with Crippen LogP contribution in [-0.2, 0) is 0 Å². The van der Waals surface area contributed by atoms with Gasteiger partial charge in [0, 0.05) is 9.79 Å². The Kier molecular flexibility index (Phi) is 3.74. The number of nitriles is 1. The predicted molar refractivity (Wildman–Crippen MR) is 75.9 cm³/mol. The van der Waals surface area contributed by atoms with Crippen molar-refractivity contribution >= 4 is 11.8 Å². The van der Waals surface area contributed by atoms with Gasteiger partial charge in [-0.05, 0) is 55.7 Å². The summed E-state index contributed by atoms with van der Waals surface area (Å²) in [5.41, 5.74) is 4.48. The third-order valence-electron chi connectivity index (χ3n) is 3.03. The molecular weight excluding hydrogens is 238 g/mol. The number of hydrogen-bond acceptors (Lipinski definition) is 2. The summed E-state index contributed by atoms with van der Waals surface area (Å²) in [6, 6.07) is 14.5. The summed E-state index contributed by atoms with van der Waals surface area (Å²) in [6.07, 6.45) is 0. The van der Waals surface area contributed by atoms with E-state index in [0.29, 0.717) is 0 Å². The lowest BCUT2D eigenvalue weighted by molar-refractivity contribution is 1.24. The largest absolute Gasteiger partial charge is 0.192 e. The molecule has 0 heterocycles. The molecule has 2 aromatic rings. The lowest BCUT2D eigenvalue weighted by atomic mass is 10.1.